The minimum atomic E-state index is -1.13. The molecule has 2 amide bonds. The van der Waals surface area contributed by atoms with Crippen molar-refractivity contribution < 1.29 is 38.5 Å². The molecule has 0 aliphatic carbocycles. The van der Waals surface area contributed by atoms with Gasteiger partial charge in [-0.15, -0.1) is 11.8 Å². The second-order valence-corrected chi connectivity index (χ2v) is 11.9. The van der Waals surface area contributed by atoms with Crippen LogP contribution >= 0.6 is 11.8 Å². The summed E-state index contributed by atoms with van der Waals surface area (Å²) in [6.45, 7) is 3.44. The van der Waals surface area contributed by atoms with Crippen molar-refractivity contribution in [2.45, 2.75) is 56.2 Å². The predicted molar refractivity (Wildman–Crippen MR) is 165 cm³/mol. The van der Waals surface area contributed by atoms with Crippen LogP contribution in [0.4, 0.5) is 10.5 Å². The maximum atomic E-state index is 13.4. The molecule has 2 aromatic carbocycles. The SMILES string of the molecule is CCOC(=O)[C@H](COCCCC1CCN(C(=O)OCc2ccccc2)CC1)N[C@H]1CSc2ccccc2N(CC(=O)O)C1=O. The summed E-state index contributed by atoms with van der Waals surface area (Å²) < 4.78 is 16.6. The molecule has 0 saturated carbocycles. The molecule has 238 valence electrons. The van der Waals surface area contributed by atoms with Crippen LogP contribution in [0.5, 0.6) is 0 Å². The van der Waals surface area contributed by atoms with Crippen LogP contribution in [0.3, 0.4) is 0 Å². The highest BCUT2D eigenvalue weighted by Gasteiger charge is 2.35. The predicted octanol–water partition coefficient (Wildman–Crippen LogP) is 3.95. The number of nitrogens with one attached hydrogen (secondary N) is 1. The van der Waals surface area contributed by atoms with E-state index in [4.69, 9.17) is 14.2 Å². The Morgan fingerprint density at radius 3 is 2.50 bits per heavy atom. The minimum Gasteiger partial charge on any atom is -0.480 e. The number of fused-ring (bicyclic) bond motifs is 1. The molecule has 1 saturated heterocycles. The molecular weight excluding hydrogens is 586 g/mol. The zero-order valence-corrected chi connectivity index (χ0v) is 25.8. The molecule has 2 aliphatic heterocycles. The number of likely N-dealkylation sites (tertiary alicyclic amines) is 1. The number of ether oxygens (including phenoxy) is 3. The highest BCUT2D eigenvalue weighted by atomic mass is 32.2. The van der Waals surface area contributed by atoms with Crippen LogP contribution in [0.25, 0.3) is 0 Å². The number of carboxylic acids is 1. The molecule has 2 aromatic rings. The van der Waals surface area contributed by atoms with Gasteiger partial charge in [-0.3, -0.25) is 24.6 Å². The summed E-state index contributed by atoms with van der Waals surface area (Å²) in [4.78, 5) is 54.0. The Bertz CT molecular complexity index is 1260. The number of thioether (sulfide) groups is 1. The maximum absolute atomic E-state index is 13.4. The molecule has 0 unspecified atom stereocenters. The number of aliphatic carboxylic acids is 1. The second kappa shape index (κ2) is 17.0. The standard InChI is InChI=1S/C32H41N3O8S/c1-2-42-31(39)25(33-26-22-44-28-13-7-6-12-27(28)35(30(26)38)19-29(36)37)21-41-18-8-11-23-14-16-34(17-15-23)32(40)43-20-24-9-4-3-5-10-24/h3-7,9-10,12-13,23,25-26,33H,2,8,11,14-22H2,1H3,(H,36,37)/t25-,26-/m0/s1. The smallest absolute Gasteiger partial charge is 0.410 e. The van der Waals surface area contributed by atoms with Crippen molar-refractivity contribution >= 4 is 41.4 Å². The maximum Gasteiger partial charge on any atom is 0.410 e. The Morgan fingerprint density at radius 2 is 1.77 bits per heavy atom. The van der Waals surface area contributed by atoms with Crippen molar-refractivity contribution in [1.29, 1.82) is 0 Å². The number of rotatable bonds is 14. The van der Waals surface area contributed by atoms with Gasteiger partial charge in [-0.1, -0.05) is 42.5 Å². The van der Waals surface area contributed by atoms with Crippen LogP contribution in [0.2, 0.25) is 0 Å². The zero-order valence-electron chi connectivity index (χ0n) is 25.0. The number of anilines is 1. The zero-order chi connectivity index (χ0) is 31.3. The number of carboxylic acid groups (broad SMARTS) is 1. The lowest BCUT2D eigenvalue weighted by molar-refractivity contribution is -0.148. The third-order valence-electron chi connectivity index (χ3n) is 7.66. The first-order chi connectivity index (χ1) is 21.4. The third kappa shape index (κ3) is 9.70. The van der Waals surface area contributed by atoms with Gasteiger partial charge in [0.1, 0.15) is 19.2 Å². The number of hydrogen-bond acceptors (Lipinski definition) is 9. The number of esters is 1. The van der Waals surface area contributed by atoms with E-state index in [-0.39, 0.29) is 25.9 Å². The molecule has 0 bridgehead atoms. The van der Waals surface area contributed by atoms with Crippen LogP contribution in [0.1, 0.15) is 38.2 Å². The van der Waals surface area contributed by atoms with E-state index in [2.05, 4.69) is 5.32 Å². The van der Waals surface area contributed by atoms with Crippen LogP contribution in [0, 0.1) is 5.92 Å². The molecule has 11 nitrogen and oxygen atoms in total. The number of benzene rings is 2. The summed E-state index contributed by atoms with van der Waals surface area (Å²) in [5.41, 5.74) is 1.50. The summed E-state index contributed by atoms with van der Waals surface area (Å²) in [7, 11) is 0. The van der Waals surface area contributed by atoms with Crippen LogP contribution in [-0.2, 0) is 35.2 Å². The van der Waals surface area contributed by atoms with Crippen LogP contribution in [-0.4, -0.2) is 91.2 Å². The Balaban J connectivity index is 1.21. The van der Waals surface area contributed by atoms with Gasteiger partial charge in [0.25, 0.3) is 0 Å². The van der Waals surface area contributed by atoms with Gasteiger partial charge in [-0.2, -0.15) is 0 Å². The van der Waals surface area contributed by atoms with Crippen LogP contribution in [0.15, 0.2) is 59.5 Å². The van der Waals surface area contributed by atoms with Gasteiger partial charge in [0.15, 0.2) is 0 Å². The number of para-hydroxylation sites is 1. The normalized spacial score (nSPS) is 17.8. The number of amides is 2. The first-order valence-corrected chi connectivity index (χ1v) is 16.0. The van der Waals surface area contributed by atoms with Gasteiger partial charge in [-0.05, 0) is 56.2 Å². The lowest BCUT2D eigenvalue weighted by atomic mass is 9.92. The quantitative estimate of drug-likeness (QED) is 0.234. The van der Waals surface area contributed by atoms with E-state index in [1.807, 2.05) is 42.5 Å². The molecule has 12 heteroatoms. The largest absolute Gasteiger partial charge is 0.480 e. The number of nitrogens with zero attached hydrogens (tertiary/aromatic N) is 2. The molecule has 0 spiro atoms. The number of piperidine rings is 1. The molecule has 2 aliphatic rings. The average molecular weight is 628 g/mol. The van der Waals surface area contributed by atoms with E-state index in [1.54, 1.807) is 24.0 Å². The van der Waals surface area contributed by atoms with E-state index in [9.17, 15) is 24.3 Å². The average Bonchev–Trinajstić information content (AvgIpc) is 3.16. The van der Waals surface area contributed by atoms with Gasteiger partial charge in [0, 0.05) is 30.3 Å². The van der Waals surface area contributed by atoms with Crippen molar-refractivity contribution in [2.75, 3.05) is 50.1 Å². The van der Waals surface area contributed by atoms with Gasteiger partial charge in [0.05, 0.1) is 24.9 Å². The highest BCUT2D eigenvalue weighted by molar-refractivity contribution is 7.99. The lowest BCUT2D eigenvalue weighted by Crippen LogP contribution is -2.55. The molecule has 44 heavy (non-hydrogen) atoms. The number of carbonyl (C=O) groups excluding carboxylic acids is 3. The van der Waals surface area contributed by atoms with Crippen molar-refractivity contribution in [3.8, 4) is 0 Å². The molecule has 0 radical (unpaired) electrons. The molecule has 4 rings (SSSR count). The van der Waals surface area contributed by atoms with E-state index >= 15 is 0 Å². The van der Waals surface area contributed by atoms with E-state index in [0.717, 1.165) is 36.1 Å². The van der Waals surface area contributed by atoms with E-state index < -0.39 is 36.5 Å². The number of hydrogen-bond donors (Lipinski definition) is 2. The summed E-state index contributed by atoms with van der Waals surface area (Å²) in [5, 5.41) is 12.5. The first kappa shape index (κ1) is 33.3. The lowest BCUT2D eigenvalue weighted by Gasteiger charge is -2.31. The van der Waals surface area contributed by atoms with Crippen LogP contribution < -0.4 is 10.2 Å². The molecule has 2 atom stereocenters. The Hall–Kier alpha value is -3.61. The van der Waals surface area contributed by atoms with Gasteiger partial charge >= 0.3 is 18.0 Å². The fourth-order valence-corrected chi connectivity index (χ4v) is 6.42. The fourth-order valence-electron chi connectivity index (χ4n) is 5.33. The second-order valence-electron chi connectivity index (χ2n) is 10.8. The van der Waals surface area contributed by atoms with Crippen molar-refractivity contribution in [1.82, 2.24) is 10.2 Å². The Morgan fingerprint density at radius 1 is 1.05 bits per heavy atom. The molecule has 1 fully saturated rings. The molecule has 2 heterocycles. The Kier molecular flexibility index (Phi) is 12.9. The van der Waals surface area contributed by atoms with Gasteiger partial charge < -0.3 is 24.2 Å². The van der Waals surface area contributed by atoms with Crippen molar-refractivity contribution in [2.24, 2.45) is 5.92 Å². The summed E-state index contributed by atoms with van der Waals surface area (Å²) >= 11 is 1.43. The monoisotopic (exact) mass is 627 g/mol. The van der Waals surface area contributed by atoms with Crippen molar-refractivity contribution in [3.63, 3.8) is 0 Å². The topological polar surface area (TPSA) is 135 Å². The summed E-state index contributed by atoms with van der Waals surface area (Å²) in [6.07, 6.45) is 3.23. The van der Waals surface area contributed by atoms with Crippen molar-refractivity contribution in [3.05, 3.63) is 60.2 Å². The Labute approximate surface area is 262 Å². The number of carbonyl (C=O) groups is 4. The fraction of sp³-hybridized carbons (Fsp3) is 0.500. The third-order valence-corrected chi connectivity index (χ3v) is 8.81. The summed E-state index contributed by atoms with van der Waals surface area (Å²) in [6, 6.07) is 15.1. The van der Waals surface area contributed by atoms with Gasteiger partial charge in [0.2, 0.25) is 5.91 Å². The highest BCUT2D eigenvalue weighted by Crippen LogP contribution is 2.34. The molecule has 2 N–H and O–H groups in total. The van der Waals surface area contributed by atoms with Gasteiger partial charge in [-0.25, -0.2) is 4.79 Å². The first-order valence-electron chi connectivity index (χ1n) is 15.1. The minimum absolute atomic E-state index is 0.0187. The molecule has 0 aromatic heterocycles. The van der Waals surface area contributed by atoms with E-state index in [0.29, 0.717) is 37.1 Å². The summed E-state index contributed by atoms with van der Waals surface area (Å²) in [5.74, 6) is -1.28. The van der Waals surface area contributed by atoms with E-state index in [1.165, 1.54) is 16.7 Å². The molecular formula is C32H41N3O8S.